The van der Waals surface area contributed by atoms with Crippen molar-refractivity contribution in [2.24, 2.45) is 0 Å². The molecule has 0 amide bonds. The highest BCUT2D eigenvalue weighted by molar-refractivity contribution is 5.02. The lowest BCUT2D eigenvalue weighted by Crippen LogP contribution is -2.53. The third-order valence-corrected chi connectivity index (χ3v) is 4.80. The summed E-state index contributed by atoms with van der Waals surface area (Å²) in [4.78, 5) is 2.73. The highest BCUT2D eigenvalue weighted by atomic mass is 16.3. The molecule has 3 nitrogen and oxygen atoms in total. The summed E-state index contributed by atoms with van der Waals surface area (Å²) >= 11 is 0. The lowest BCUT2D eigenvalue weighted by molar-refractivity contribution is 0.0781. The Bertz CT molecular complexity index is 370. The molecule has 106 valence electrons. The summed E-state index contributed by atoms with van der Waals surface area (Å²) in [7, 11) is 0. The summed E-state index contributed by atoms with van der Waals surface area (Å²) in [6.07, 6.45) is 9.64. The molecule has 2 saturated heterocycles. The van der Waals surface area contributed by atoms with Crippen LogP contribution in [-0.4, -0.2) is 36.1 Å². The molecule has 2 aliphatic rings. The predicted molar refractivity (Wildman–Crippen MR) is 77.2 cm³/mol. The van der Waals surface area contributed by atoms with Crippen LogP contribution in [0.2, 0.25) is 0 Å². The van der Waals surface area contributed by atoms with Crippen molar-refractivity contribution in [3.8, 4) is 0 Å². The SMILES string of the molecule is CC(Cc1ccco1)N1CCCCC1C1CCCN1. The van der Waals surface area contributed by atoms with Gasteiger partial charge in [0.1, 0.15) is 5.76 Å². The first-order chi connectivity index (χ1) is 9.34. The van der Waals surface area contributed by atoms with Crippen molar-refractivity contribution >= 4 is 0 Å². The molecule has 3 unspecified atom stereocenters. The van der Waals surface area contributed by atoms with E-state index in [0.29, 0.717) is 6.04 Å². The summed E-state index contributed by atoms with van der Waals surface area (Å²) < 4.78 is 5.51. The van der Waals surface area contributed by atoms with Gasteiger partial charge in [-0.3, -0.25) is 4.90 Å². The lowest BCUT2D eigenvalue weighted by Gasteiger charge is -2.42. The largest absolute Gasteiger partial charge is 0.469 e. The number of piperidine rings is 1. The van der Waals surface area contributed by atoms with E-state index in [4.69, 9.17) is 4.42 Å². The summed E-state index contributed by atoms with van der Waals surface area (Å²) in [6, 6.07) is 6.14. The molecule has 3 heterocycles. The molecule has 0 aromatic carbocycles. The second-order valence-corrected chi connectivity index (χ2v) is 6.14. The minimum absolute atomic E-state index is 0.582. The first-order valence-corrected chi connectivity index (χ1v) is 7.86. The van der Waals surface area contributed by atoms with Gasteiger partial charge < -0.3 is 9.73 Å². The second kappa shape index (κ2) is 6.10. The van der Waals surface area contributed by atoms with E-state index >= 15 is 0 Å². The van der Waals surface area contributed by atoms with Crippen LogP contribution in [0.25, 0.3) is 0 Å². The molecule has 3 rings (SSSR count). The molecule has 1 aromatic rings. The van der Waals surface area contributed by atoms with Crippen LogP contribution in [0.4, 0.5) is 0 Å². The Labute approximate surface area is 116 Å². The van der Waals surface area contributed by atoms with Gasteiger partial charge in [0.2, 0.25) is 0 Å². The Balaban J connectivity index is 1.65. The Kier molecular flexibility index (Phi) is 4.24. The highest BCUT2D eigenvalue weighted by Gasteiger charge is 2.33. The average molecular weight is 262 g/mol. The van der Waals surface area contributed by atoms with Crippen LogP contribution in [0, 0.1) is 0 Å². The number of furan rings is 1. The lowest BCUT2D eigenvalue weighted by atomic mass is 9.92. The topological polar surface area (TPSA) is 28.4 Å². The number of likely N-dealkylation sites (tertiary alicyclic amines) is 1. The second-order valence-electron chi connectivity index (χ2n) is 6.14. The van der Waals surface area contributed by atoms with Crippen LogP contribution in [0.5, 0.6) is 0 Å². The smallest absolute Gasteiger partial charge is 0.105 e. The number of hydrogen-bond donors (Lipinski definition) is 1. The molecule has 0 radical (unpaired) electrons. The summed E-state index contributed by atoms with van der Waals surface area (Å²) in [5.74, 6) is 1.12. The maximum atomic E-state index is 5.51. The highest BCUT2D eigenvalue weighted by Crippen LogP contribution is 2.27. The zero-order valence-corrected chi connectivity index (χ0v) is 12.0. The average Bonchev–Trinajstić information content (AvgIpc) is 3.11. The Morgan fingerprint density at radius 2 is 2.32 bits per heavy atom. The van der Waals surface area contributed by atoms with E-state index in [0.717, 1.165) is 24.3 Å². The van der Waals surface area contributed by atoms with E-state index in [1.165, 1.54) is 45.2 Å². The van der Waals surface area contributed by atoms with Crippen molar-refractivity contribution in [3.63, 3.8) is 0 Å². The molecular weight excluding hydrogens is 236 g/mol. The minimum Gasteiger partial charge on any atom is -0.469 e. The Hall–Kier alpha value is -0.800. The van der Waals surface area contributed by atoms with Gasteiger partial charge >= 0.3 is 0 Å². The van der Waals surface area contributed by atoms with Crippen LogP contribution in [0.15, 0.2) is 22.8 Å². The molecule has 2 fully saturated rings. The van der Waals surface area contributed by atoms with Gasteiger partial charge in [-0.15, -0.1) is 0 Å². The molecule has 0 spiro atoms. The van der Waals surface area contributed by atoms with Crippen molar-refractivity contribution in [2.75, 3.05) is 13.1 Å². The number of nitrogens with zero attached hydrogens (tertiary/aromatic N) is 1. The van der Waals surface area contributed by atoms with Crippen molar-refractivity contribution in [3.05, 3.63) is 24.2 Å². The molecule has 0 bridgehead atoms. The summed E-state index contributed by atoms with van der Waals surface area (Å²) in [5, 5.41) is 3.70. The van der Waals surface area contributed by atoms with Crippen LogP contribution in [-0.2, 0) is 6.42 Å². The van der Waals surface area contributed by atoms with Gasteiger partial charge in [-0.1, -0.05) is 6.42 Å². The van der Waals surface area contributed by atoms with E-state index < -0.39 is 0 Å². The zero-order valence-electron chi connectivity index (χ0n) is 12.0. The van der Waals surface area contributed by atoms with Crippen molar-refractivity contribution in [1.82, 2.24) is 10.2 Å². The predicted octanol–water partition coefficient (Wildman–Crippen LogP) is 2.82. The Morgan fingerprint density at radius 3 is 3.05 bits per heavy atom. The van der Waals surface area contributed by atoms with Gasteiger partial charge in [0.25, 0.3) is 0 Å². The molecule has 19 heavy (non-hydrogen) atoms. The van der Waals surface area contributed by atoms with E-state index in [1.54, 1.807) is 6.26 Å². The number of rotatable bonds is 4. The quantitative estimate of drug-likeness (QED) is 0.904. The van der Waals surface area contributed by atoms with Gasteiger partial charge in [-0.25, -0.2) is 0 Å². The monoisotopic (exact) mass is 262 g/mol. The fourth-order valence-corrected chi connectivity index (χ4v) is 3.84. The Morgan fingerprint density at radius 1 is 1.37 bits per heavy atom. The molecule has 3 heteroatoms. The fourth-order valence-electron chi connectivity index (χ4n) is 3.84. The standard InChI is InChI=1S/C16H26N2O/c1-13(12-14-6-5-11-19-14)18-10-3-2-8-16(18)15-7-4-9-17-15/h5-6,11,13,15-17H,2-4,7-10,12H2,1H3. The van der Waals surface area contributed by atoms with Crippen LogP contribution < -0.4 is 5.32 Å². The molecule has 0 aliphatic carbocycles. The first-order valence-electron chi connectivity index (χ1n) is 7.86. The molecule has 1 aromatic heterocycles. The molecule has 0 saturated carbocycles. The minimum atomic E-state index is 0.582. The summed E-state index contributed by atoms with van der Waals surface area (Å²) in [6.45, 7) is 4.82. The molecule has 2 aliphatic heterocycles. The molecular formula is C16H26N2O. The van der Waals surface area contributed by atoms with Gasteiger partial charge in [-0.2, -0.15) is 0 Å². The van der Waals surface area contributed by atoms with Crippen molar-refractivity contribution < 1.29 is 4.42 Å². The molecule has 3 atom stereocenters. The maximum Gasteiger partial charge on any atom is 0.105 e. The normalized spacial score (nSPS) is 30.6. The van der Waals surface area contributed by atoms with Gasteiger partial charge in [0, 0.05) is 24.5 Å². The van der Waals surface area contributed by atoms with Gasteiger partial charge in [0.15, 0.2) is 0 Å². The maximum absolute atomic E-state index is 5.51. The fraction of sp³-hybridized carbons (Fsp3) is 0.750. The number of hydrogen-bond acceptors (Lipinski definition) is 3. The summed E-state index contributed by atoms with van der Waals surface area (Å²) in [5.41, 5.74) is 0. The first kappa shape index (κ1) is 13.2. The van der Waals surface area contributed by atoms with E-state index in [9.17, 15) is 0 Å². The van der Waals surface area contributed by atoms with Crippen LogP contribution in [0.3, 0.4) is 0 Å². The van der Waals surface area contributed by atoms with Gasteiger partial charge in [-0.05, 0) is 57.8 Å². The van der Waals surface area contributed by atoms with E-state index in [-0.39, 0.29) is 0 Å². The number of nitrogens with one attached hydrogen (secondary N) is 1. The van der Waals surface area contributed by atoms with Crippen molar-refractivity contribution in [1.29, 1.82) is 0 Å². The van der Waals surface area contributed by atoms with Crippen LogP contribution in [0.1, 0.15) is 44.8 Å². The van der Waals surface area contributed by atoms with Crippen molar-refractivity contribution in [2.45, 2.75) is 63.6 Å². The third kappa shape index (κ3) is 3.03. The van der Waals surface area contributed by atoms with Crippen LogP contribution >= 0.6 is 0 Å². The van der Waals surface area contributed by atoms with E-state index in [2.05, 4.69) is 23.2 Å². The van der Waals surface area contributed by atoms with Gasteiger partial charge in [0.05, 0.1) is 6.26 Å². The zero-order chi connectivity index (χ0) is 13.1. The molecule has 1 N–H and O–H groups in total. The van der Waals surface area contributed by atoms with E-state index in [1.807, 2.05) is 6.07 Å². The third-order valence-electron chi connectivity index (χ3n) is 4.80.